The molecular formula is C18H15ClFNO4S. The van der Waals surface area contributed by atoms with Gasteiger partial charge < -0.3 is 9.52 Å². The van der Waals surface area contributed by atoms with E-state index >= 15 is 0 Å². The van der Waals surface area contributed by atoms with E-state index in [9.17, 15) is 17.9 Å². The van der Waals surface area contributed by atoms with Gasteiger partial charge in [-0.2, -0.15) is 0 Å². The average molecular weight is 396 g/mol. The molecule has 0 radical (unpaired) electrons. The number of hydrogen-bond donors (Lipinski definition) is 2. The lowest BCUT2D eigenvalue weighted by Gasteiger charge is -2.13. The molecule has 136 valence electrons. The van der Waals surface area contributed by atoms with Crippen LogP contribution in [-0.2, 0) is 10.0 Å². The Morgan fingerprint density at radius 2 is 1.88 bits per heavy atom. The van der Waals surface area contributed by atoms with E-state index < -0.39 is 21.9 Å². The van der Waals surface area contributed by atoms with Crippen LogP contribution in [0.5, 0.6) is 0 Å². The molecule has 8 heteroatoms. The Hall–Kier alpha value is -2.19. The van der Waals surface area contributed by atoms with Gasteiger partial charge in [0.25, 0.3) is 0 Å². The maximum Gasteiger partial charge on any atom is 0.240 e. The van der Waals surface area contributed by atoms with Gasteiger partial charge in [0.2, 0.25) is 10.0 Å². The molecule has 1 aromatic heterocycles. The van der Waals surface area contributed by atoms with Gasteiger partial charge in [0.15, 0.2) is 0 Å². The highest BCUT2D eigenvalue weighted by Gasteiger charge is 2.18. The Morgan fingerprint density at radius 3 is 2.50 bits per heavy atom. The molecule has 0 saturated carbocycles. The van der Waals surface area contributed by atoms with E-state index in [4.69, 9.17) is 16.0 Å². The number of benzene rings is 2. The molecule has 0 bridgehead atoms. The fourth-order valence-corrected chi connectivity index (χ4v) is 3.66. The Bertz CT molecular complexity index is 989. The molecule has 0 spiro atoms. The molecule has 3 aromatic rings. The first kappa shape index (κ1) is 18.6. The number of hydrogen-bond acceptors (Lipinski definition) is 4. The van der Waals surface area contributed by atoms with Crippen molar-refractivity contribution in [3.05, 3.63) is 77.3 Å². The third-order valence-corrected chi connectivity index (χ3v) is 5.48. The number of halogens is 2. The van der Waals surface area contributed by atoms with Crippen molar-refractivity contribution in [2.24, 2.45) is 0 Å². The molecule has 0 unspecified atom stereocenters. The van der Waals surface area contributed by atoms with Crippen LogP contribution in [0.2, 0.25) is 5.02 Å². The number of nitrogens with one attached hydrogen (secondary N) is 1. The fraction of sp³-hybridized carbons (Fsp3) is 0.111. The smallest absolute Gasteiger partial charge is 0.240 e. The topological polar surface area (TPSA) is 79.5 Å². The van der Waals surface area contributed by atoms with Crippen LogP contribution in [0.4, 0.5) is 4.39 Å². The third kappa shape index (κ3) is 4.13. The molecule has 0 amide bonds. The summed E-state index contributed by atoms with van der Waals surface area (Å²) in [5.41, 5.74) is 1.38. The van der Waals surface area contributed by atoms with Crippen LogP contribution in [0.25, 0.3) is 11.3 Å². The zero-order valence-corrected chi connectivity index (χ0v) is 15.0. The first-order chi connectivity index (χ1) is 12.4. The number of sulfonamides is 1. The van der Waals surface area contributed by atoms with Gasteiger partial charge in [-0.3, -0.25) is 0 Å². The molecule has 0 fully saturated rings. The van der Waals surface area contributed by atoms with Crippen LogP contribution in [0.1, 0.15) is 11.7 Å². The van der Waals surface area contributed by atoms with Crippen molar-refractivity contribution in [1.29, 1.82) is 0 Å². The first-order valence-corrected chi connectivity index (χ1v) is 9.49. The summed E-state index contributed by atoms with van der Waals surface area (Å²) in [6.07, 6.45) is 0.514. The molecule has 26 heavy (non-hydrogen) atoms. The summed E-state index contributed by atoms with van der Waals surface area (Å²) in [7, 11) is -3.92. The molecule has 0 aliphatic rings. The molecule has 0 aliphatic heterocycles. The van der Waals surface area contributed by atoms with Crippen LogP contribution in [0.3, 0.4) is 0 Å². The second kappa shape index (κ2) is 7.59. The van der Waals surface area contributed by atoms with Gasteiger partial charge in [-0.1, -0.05) is 35.9 Å². The van der Waals surface area contributed by atoms with E-state index in [-0.39, 0.29) is 16.5 Å². The zero-order chi connectivity index (χ0) is 18.7. The standard InChI is InChI=1S/C18H15ClFNO4S/c19-15-10-14(7-8-16(15)20)26(23,24)21-11-17(22)12-3-5-13(6-4-12)18-2-1-9-25-18/h1-10,17,21-22H,11H2/t17-/m0/s1. The van der Waals surface area contributed by atoms with E-state index in [0.717, 1.165) is 23.8 Å². The molecule has 5 nitrogen and oxygen atoms in total. The van der Waals surface area contributed by atoms with Gasteiger partial charge in [-0.25, -0.2) is 17.5 Å². The molecule has 3 rings (SSSR count). The maximum atomic E-state index is 13.2. The average Bonchev–Trinajstić information content (AvgIpc) is 3.17. The number of aliphatic hydroxyl groups is 1. The predicted octanol–water partition coefficient (Wildman–Crippen LogP) is 3.75. The summed E-state index contributed by atoms with van der Waals surface area (Å²) in [5, 5.41) is 9.92. The Kier molecular flexibility index (Phi) is 5.43. The van der Waals surface area contributed by atoms with E-state index in [0.29, 0.717) is 11.3 Å². The van der Waals surface area contributed by atoms with E-state index in [2.05, 4.69) is 4.72 Å². The molecule has 0 aliphatic carbocycles. The van der Waals surface area contributed by atoms with Crippen LogP contribution in [-0.4, -0.2) is 20.1 Å². The Labute approximate surface area is 155 Å². The van der Waals surface area contributed by atoms with Gasteiger partial charge in [0, 0.05) is 12.1 Å². The Morgan fingerprint density at radius 1 is 1.15 bits per heavy atom. The highest BCUT2D eigenvalue weighted by atomic mass is 35.5. The van der Waals surface area contributed by atoms with Crippen LogP contribution in [0.15, 0.2) is 70.2 Å². The largest absolute Gasteiger partial charge is 0.464 e. The lowest BCUT2D eigenvalue weighted by molar-refractivity contribution is 0.182. The van der Waals surface area contributed by atoms with Gasteiger partial charge in [-0.15, -0.1) is 0 Å². The normalized spacial score (nSPS) is 12.9. The van der Waals surface area contributed by atoms with E-state index in [1.165, 1.54) is 0 Å². The molecule has 0 saturated heterocycles. The van der Waals surface area contributed by atoms with Crippen molar-refractivity contribution in [3.8, 4) is 11.3 Å². The molecule has 2 aromatic carbocycles. The molecular weight excluding hydrogens is 381 g/mol. The second-order valence-corrected chi connectivity index (χ2v) is 7.72. The fourth-order valence-electron chi connectivity index (χ4n) is 2.35. The molecule has 1 heterocycles. The Balaban J connectivity index is 1.67. The summed E-state index contributed by atoms with van der Waals surface area (Å²) in [6, 6.07) is 13.6. The van der Waals surface area contributed by atoms with Crippen LogP contribution in [0, 0.1) is 5.82 Å². The van der Waals surface area contributed by atoms with E-state index in [1.54, 1.807) is 36.6 Å². The van der Waals surface area contributed by atoms with Crippen molar-refractivity contribution in [1.82, 2.24) is 4.72 Å². The summed E-state index contributed by atoms with van der Waals surface area (Å²) in [5.74, 6) is -0.0118. The lowest BCUT2D eigenvalue weighted by atomic mass is 10.1. The molecule has 2 N–H and O–H groups in total. The highest BCUT2D eigenvalue weighted by Crippen LogP contribution is 2.23. The van der Waals surface area contributed by atoms with Crippen molar-refractivity contribution in [2.75, 3.05) is 6.54 Å². The van der Waals surface area contributed by atoms with Crippen molar-refractivity contribution in [3.63, 3.8) is 0 Å². The summed E-state index contributed by atoms with van der Waals surface area (Å²) in [6.45, 7) is -0.239. The van der Waals surface area contributed by atoms with Crippen molar-refractivity contribution in [2.45, 2.75) is 11.0 Å². The minimum Gasteiger partial charge on any atom is -0.464 e. The number of rotatable bonds is 6. The maximum absolute atomic E-state index is 13.2. The van der Waals surface area contributed by atoms with Crippen LogP contribution < -0.4 is 4.72 Å². The minimum absolute atomic E-state index is 0.177. The van der Waals surface area contributed by atoms with Crippen LogP contribution >= 0.6 is 11.6 Å². The monoisotopic (exact) mass is 395 g/mol. The van der Waals surface area contributed by atoms with Crippen molar-refractivity contribution >= 4 is 21.6 Å². The minimum atomic E-state index is -3.92. The third-order valence-electron chi connectivity index (χ3n) is 3.77. The van der Waals surface area contributed by atoms with Gasteiger partial charge in [0.05, 0.1) is 22.3 Å². The molecule has 1 atom stereocenters. The predicted molar refractivity (Wildman–Crippen MR) is 95.7 cm³/mol. The summed E-state index contributed by atoms with van der Waals surface area (Å²) >= 11 is 5.61. The quantitative estimate of drug-likeness (QED) is 0.666. The first-order valence-electron chi connectivity index (χ1n) is 7.63. The van der Waals surface area contributed by atoms with Gasteiger partial charge in [0.1, 0.15) is 11.6 Å². The highest BCUT2D eigenvalue weighted by molar-refractivity contribution is 7.89. The van der Waals surface area contributed by atoms with Gasteiger partial charge >= 0.3 is 0 Å². The SMILES string of the molecule is O=S(=O)(NC[C@H](O)c1ccc(-c2ccco2)cc1)c1ccc(F)c(Cl)c1. The second-order valence-electron chi connectivity index (χ2n) is 5.54. The number of furan rings is 1. The van der Waals surface area contributed by atoms with E-state index in [1.807, 2.05) is 6.07 Å². The lowest BCUT2D eigenvalue weighted by Crippen LogP contribution is -2.28. The summed E-state index contributed by atoms with van der Waals surface area (Å²) < 4.78 is 45.2. The number of aliphatic hydroxyl groups excluding tert-OH is 1. The zero-order valence-electron chi connectivity index (χ0n) is 13.4. The summed E-state index contributed by atoms with van der Waals surface area (Å²) in [4.78, 5) is -0.177. The van der Waals surface area contributed by atoms with Gasteiger partial charge in [-0.05, 0) is 35.9 Å². The van der Waals surface area contributed by atoms with Crippen molar-refractivity contribution < 1.29 is 22.3 Å².